The molecular weight excluding hydrogens is 260 g/mol. The van der Waals surface area contributed by atoms with E-state index in [9.17, 15) is 14.7 Å². The average molecular weight is 278 g/mol. The lowest BCUT2D eigenvalue weighted by atomic mass is 9.79. The Labute approximate surface area is 116 Å². The minimum absolute atomic E-state index is 0.00855. The summed E-state index contributed by atoms with van der Waals surface area (Å²) in [6.45, 7) is 0. The number of aromatic nitrogens is 1. The maximum Gasteiger partial charge on any atom is 0.303 e. The summed E-state index contributed by atoms with van der Waals surface area (Å²) in [5.41, 5.74) is -0.458. The maximum absolute atomic E-state index is 12.1. The lowest BCUT2D eigenvalue weighted by Crippen LogP contribution is -2.28. The van der Waals surface area contributed by atoms with Crippen molar-refractivity contribution in [2.75, 3.05) is 5.32 Å². The summed E-state index contributed by atoms with van der Waals surface area (Å²) >= 11 is 0. The van der Waals surface area contributed by atoms with Crippen molar-refractivity contribution in [1.82, 2.24) is 4.98 Å². The molecule has 3 N–H and O–H groups in total. The number of carboxylic acid groups (broad SMARTS) is 1. The van der Waals surface area contributed by atoms with Crippen LogP contribution in [0.3, 0.4) is 0 Å². The number of nitrogens with one attached hydrogen (secondary N) is 1. The highest BCUT2D eigenvalue weighted by atomic mass is 16.4. The molecule has 1 aliphatic carbocycles. The van der Waals surface area contributed by atoms with Crippen LogP contribution in [0.2, 0.25) is 0 Å². The second kappa shape index (κ2) is 5.90. The zero-order chi connectivity index (χ0) is 14.6. The molecular formula is C14H18N2O4. The van der Waals surface area contributed by atoms with Crippen molar-refractivity contribution < 1.29 is 19.8 Å². The van der Waals surface area contributed by atoms with Gasteiger partial charge in [0.25, 0.3) is 0 Å². The molecule has 1 saturated carbocycles. The monoisotopic (exact) mass is 278 g/mol. The van der Waals surface area contributed by atoms with E-state index in [0.717, 1.165) is 25.7 Å². The summed E-state index contributed by atoms with van der Waals surface area (Å²) < 4.78 is 0. The van der Waals surface area contributed by atoms with Gasteiger partial charge in [-0.1, -0.05) is 12.8 Å². The summed E-state index contributed by atoms with van der Waals surface area (Å²) in [7, 11) is 0. The van der Waals surface area contributed by atoms with Crippen LogP contribution in [0.4, 0.5) is 5.82 Å². The quantitative estimate of drug-likeness (QED) is 0.766. The predicted octanol–water partition coefficient (Wildman–Crippen LogP) is 2.15. The summed E-state index contributed by atoms with van der Waals surface area (Å²) in [6.07, 6.45) is 5.04. The summed E-state index contributed by atoms with van der Waals surface area (Å²) in [6, 6.07) is 3.00. The van der Waals surface area contributed by atoms with E-state index in [1.54, 1.807) is 6.07 Å². The van der Waals surface area contributed by atoms with Gasteiger partial charge in [0.1, 0.15) is 0 Å². The molecule has 0 radical (unpaired) electrons. The van der Waals surface area contributed by atoms with Crippen molar-refractivity contribution in [2.45, 2.75) is 38.5 Å². The number of nitrogens with zero attached hydrogens (tertiary/aromatic N) is 1. The number of amides is 1. The molecule has 0 atom stereocenters. The molecule has 1 fully saturated rings. The molecule has 0 unspecified atom stereocenters. The van der Waals surface area contributed by atoms with Gasteiger partial charge in [0.15, 0.2) is 11.6 Å². The van der Waals surface area contributed by atoms with Crippen molar-refractivity contribution in [2.24, 2.45) is 5.41 Å². The first-order chi connectivity index (χ1) is 9.51. The number of aliphatic carboxylic acids is 1. The lowest BCUT2D eigenvalue weighted by molar-refractivity contribution is -0.140. The van der Waals surface area contributed by atoms with Crippen LogP contribution in [0.25, 0.3) is 0 Å². The average Bonchev–Trinajstić information content (AvgIpc) is 2.79. The number of carbonyl (C=O) groups is 2. The molecule has 0 aromatic carbocycles. The molecule has 20 heavy (non-hydrogen) atoms. The smallest absolute Gasteiger partial charge is 0.303 e. The van der Waals surface area contributed by atoms with Crippen LogP contribution in [-0.4, -0.2) is 27.1 Å². The first-order valence-electron chi connectivity index (χ1n) is 6.66. The van der Waals surface area contributed by atoms with Gasteiger partial charge in [0.05, 0.1) is 6.42 Å². The van der Waals surface area contributed by atoms with Gasteiger partial charge in [-0.2, -0.15) is 0 Å². The number of hydrogen-bond donors (Lipinski definition) is 3. The third kappa shape index (κ3) is 3.46. The van der Waals surface area contributed by atoms with Crippen molar-refractivity contribution in [1.29, 1.82) is 0 Å². The third-order valence-corrected chi connectivity index (χ3v) is 3.77. The number of rotatable bonds is 5. The lowest BCUT2D eigenvalue weighted by Gasteiger charge is -2.26. The molecule has 1 aromatic heterocycles. The van der Waals surface area contributed by atoms with Gasteiger partial charge < -0.3 is 15.5 Å². The number of pyridine rings is 1. The molecule has 1 amide bonds. The van der Waals surface area contributed by atoms with Gasteiger partial charge >= 0.3 is 5.97 Å². The van der Waals surface area contributed by atoms with E-state index in [1.165, 1.54) is 12.3 Å². The molecule has 0 aliphatic heterocycles. The fourth-order valence-electron chi connectivity index (χ4n) is 2.87. The molecule has 0 saturated heterocycles. The second-order valence-corrected chi connectivity index (χ2v) is 5.37. The van der Waals surface area contributed by atoms with Gasteiger partial charge in [-0.05, 0) is 30.4 Å². The van der Waals surface area contributed by atoms with Crippen LogP contribution in [0.5, 0.6) is 5.75 Å². The van der Waals surface area contributed by atoms with Crippen molar-refractivity contribution >= 4 is 17.7 Å². The predicted molar refractivity (Wildman–Crippen MR) is 72.3 cm³/mol. The molecule has 1 aliphatic rings. The molecule has 1 heterocycles. The molecule has 108 valence electrons. The van der Waals surface area contributed by atoms with Gasteiger partial charge in [0.2, 0.25) is 5.91 Å². The summed E-state index contributed by atoms with van der Waals surface area (Å²) in [5.74, 6) is -1.16. The maximum atomic E-state index is 12.1. The number of carboxylic acids is 1. The Bertz CT molecular complexity index is 510. The highest BCUT2D eigenvalue weighted by Gasteiger charge is 2.38. The van der Waals surface area contributed by atoms with Crippen LogP contribution in [0.1, 0.15) is 38.5 Å². The summed E-state index contributed by atoms with van der Waals surface area (Å²) in [5, 5.41) is 21.1. The minimum atomic E-state index is -0.875. The Morgan fingerprint density at radius 3 is 2.60 bits per heavy atom. The molecule has 6 nitrogen and oxygen atoms in total. The summed E-state index contributed by atoms with van der Waals surface area (Å²) in [4.78, 5) is 26.9. The molecule has 0 bridgehead atoms. The van der Waals surface area contributed by atoms with E-state index in [1.807, 2.05) is 0 Å². The van der Waals surface area contributed by atoms with E-state index in [4.69, 9.17) is 5.11 Å². The first-order valence-corrected chi connectivity index (χ1v) is 6.66. The van der Waals surface area contributed by atoms with Crippen LogP contribution < -0.4 is 5.32 Å². The first kappa shape index (κ1) is 14.3. The third-order valence-electron chi connectivity index (χ3n) is 3.77. The molecule has 1 aromatic rings. The fourth-order valence-corrected chi connectivity index (χ4v) is 2.87. The van der Waals surface area contributed by atoms with Crippen LogP contribution in [0.15, 0.2) is 18.3 Å². The van der Waals surface area contributed by atoms with Crippen LogP contribution in [0, 0.1) is 5.41 Å². The molecule has 6 heteroatoms. The Balaban J connectivity index is 2.02. The second-order valence-electron chi connectivity index (χ2n) is 5.37. The Hall–Kier alpha value is -2.11. The zero-order valence-electron chi connectivity index (χ0n) is 11.1. The number of hydrogen-bond acceptors (Lipinski definition) is 4. The van der Waals surface area contributed by atoms with Crippen LogP contribution >= 0.6 is 0 Å². The normalized spacial score (nSPS) is 16.8. The van der Waals surface area contributed by atoms with Gasteiger partial charge in [-0.15, -0.1) is 0 Å². The van der Waals surface area contributed by atoms with Gasteiger partial charge in [0, 0.05) is 12.6 Å². The zero-order valence-corrected chi connectivity index (χ0v) is 11.1. The fraction of sp³-hybridized carbons (Fsp3) is 0.500. The van der Waals surface area contributed by atoms with E-state index in [0.29, 0.717) is 0 Å². The van der Waals surface area contributed by atoms with Gasteiger partial charge in [-0.3, -0.25) is 9.59 Å². The highest BCUT2D eigenvalue weighted by Crippen LogP contribution is 2.44. The Kier molecular flexibility index (Phi) is 4.22. The van der Waals surface area contributed by atoms with Crippen molar-refractivity contribution in [3.8, 4) is 5.75 Å². The topological polar surface area (TPSA) is 99.5 Å². The van der Waals surface area contributed by atoms with E-state index >= 15 is 0 Å². The minimum Gasteiger partial charge on any atom is -0.504 e. The van der Waals surface area contributed by atoms with Crippen molar-refractivity contribution in [3.63, 3.8) is 0 Å². The Morgan fingerprint density at radius 1 is 1.30 bits per heavy atom. The van der Waals surface area contributed by atoms with Gasteiger partial charge in [-0.25, -0.2) is 4.98 Å². The number of carbonyl (C=O) groups excluding carboxylic acids is 1. The van der Waals surface area contributed by atoms with Crippen molar-refractivity contribution in [3.05, 3.63) is 18.3 Å². The van der Waals surface area contributed by atoms with E-state index in [-0.39, 0.29) is 30.3 Å². The van der Waals surface area contributed by atoms with Crippen LogP contribution in [-0.2, 0) is 9.59 Å². The SMILES string of the molecule is O=C(O)CC1(CC(=O)Nc2ncccc2O)CCCC1. The molecule has 2 rings (SSSR count). The molecule has 0 spiro atoms. The number of anilines is 1. The number of aromatic hydroxyl groups is 1. The van der Waals surface area contributed by atoms with E-state index in [2.05, 4.69) is 10.3 Å². The largest absolute Gasteiger partial charge is 0.504 e. The van der Waals surface area contributed by atoms with E-state index < -0.39 is 11.4 Å². The standard InChI is InChI=1S/C14H18N2O4/c17-10-4-3-7-15-13(10)16-11(18)8-14(9-12(19)20)5-1-2-6-14/h3-4,7,17H,1-2,5-6,8-9H2,(H,19,20)(H,15,16,18). The highest BCUT2D eigenvalue weighted by molar-refractivity contribution is 5.91. The Morgan fingerprint density at radius 2 is 2.00 bits per heavy atom.